The average Bonchev–Trinajstić information content (AvgIpc) is 2.59. The summed E-state index contributed by atoms with van der Waals surface area (Å²) < 4.78 is 0. The third-order valence-electron chi connectivity index (χ3n) is 4.22. The topological polar surface area (TPSA) is 43.8 Å². The Kier molecular flexibility index (Phi) is 5.56. The molecule has 2 aromatic rings. The summed E-state index contributed by atoms with van der Waals surface area (Å²) in [5.74, 6) is 1.03. The van der Waals surface area contributed by atoms with Gasteiger partial charge < -0.3 is 9.80 Å². The van der Waals surface area contributed by atoms with Gasteiger partial charge >= 0.3 is 0 Å². The van der Waals surface area contributed by atoms with Crippen molar-refractivity contribution in [2.24, 2.45) is 5.10 Å². The second kappa shape index (κ2) is 7.85. The highest BCUT2D eigenvalue weighted by Gasteiger charge is 2.23. The first-order valence-corrected chi connectivity index (χ1v) is 8.86. The van der Waals surface area contributed by atoms with Crippen LogP contribution in [0, 0.1) is 6.92 Å². The van der Waals surface area contributed by atoms with Crippen molar-refractivity contribution in [2.75, 3.05) is 44.1 Å². The minimum Gasteiger partial charge on any atom is -0.354 e. The molecule has 25 heavy (non-hydrogen) atoms. The Morgan fingerprint density at radius 1 is 1.20 bits per heavy atom. The smallest absolute Gasteiger partial charge is 0.138 e. The largest absolute Gasteiger partial charge is 0.354 e. The standard InChI is InChI=1S/C19H24ClN5/c1-14-4-9-17-18(23-22-16-7-5-15(20)6-8-16)10-11-25(19(17)21-14)13-12-24(2)3/h4-9,22H,10-13H2,1-3H3/b23-18+. The highest BCUT2D eigenvalue weighted by molar-refractivity contribution is 6.30. The molecule has 0 saturated carbocycles. The number of pyridine rings is 1. The molecule has 0 amide bonds. The van der Waals surface area contributed by atoms with Crippen LogP contribution in [-0.4, -0.2) is 49.3 Å². The number of halogens is 1. The van der Waals surface area contributed by atoms with E-state index in [1.165, 1.54) is 0 Å². The van der Waals surface area contributed by atoms with E-state index in [1.807, 2.05) is 37.3 Å². The Bertz CT molecular complexity index is 755. The maximum absolute atomic E-state index is 5.93. The highest BCUT2D eigenvalue weighted by atomic mass is 35.5. The lowest BCUT2D eigenvalue weighted by Gasteiger charge is -2.31. The third-order valence-corrected chi connectivity index (χ3v) is 4.48. The van der Waals surface area contributed by atoms with E-state index in [0.29, 0.717) is 0 Å². The molecule has 1 aromatic heterocycles. The number of nitrogens with zero attached hydrogens (tertiary/aromatic N) is 4. The van der Waals surface area contributed by atoms with Crippen LogP contribution >= 0.6 is 11.6 Å². The number of likely N-dealkylation sites (N-methyl/N-ethyl adjacent to an activating group) is 1. The minimum absolute atomic E-state index is 0.720. The molecule has 0 saturated heterocycles. The summed E-state index contributed by atoms with van der Waals surface area (Å²) in [7, 11) is 4.19. The van der Waals surface area contributed by atoms with Crippen LogP contribution < -0.4 is 10.3 Å². The van der Waals surface area contributed by atoms with E-state index in [4.69, 9.17) is 16.6 Å². The van der Waals surface area contributed by atoms with Crippen molar-refractivity contribution in [1.82, 2.24) is 9.88 Å². The van der Waals surface area contributed by atoms with Gasteiger partial charge in [-0.25, -0.2) is 4.98 Å². The summed E-state index contributed by atoms with van der Waals surface area (Å²) in [6.07, 6.45) is 0.895. The van der Waals surface area contributed by atoms with Gasteiger partial charge in [-0.2, -0.15) is 5.10 Å². The zero-order valence-corrected chi connectivity index (χ0v) is 15.7. The number of aryl methyl sites for hydroxylation is 1. The summed E-state index contributed by atoms with van der Waals surface area (Å²) >= 11 is 5.93. The molecule has 0 radical (unpaired) electrons. The van der Waals surface area contributed by atoms with Gasteiger partial charge in [0.15, 0.2) is 0 Å². The molecule has 1 aliphatic heterocycles. The van der Waals surface area contributed by atoms with Crippen LogP contribution in [0.25, 0.3) is 0 Å². The van der Waals surface area contributed by atoms with E-state index in [-0.39, 0.29) is 0 Å². The van der Waals surface area contributed by atoms with E-state index in [0.717, 1.165) is 59.6 Å². The molecule has 1 aliphatic rings. The summed E-state index contributed by atoms with van der Waals surface area (Å²) in [5.41, 5.74) is 7.24. The van der Waals surface area contributed by atoms with Gasteiger partial charge in [0.25, 0.3) is 0 Å². The molecule has 6 heteroatoms. The minimum atomic E-state index is 0.720. The monoisotopic (exact) mass is 357 g/mol. The van der Waals surface area contributed by atoms with Crippen molar-refractivity contribution < 1.29 is 0 Å². The second-order valence-corrected chi connectivity index (χ2v) is 6.98. The molecule has 0 fully saturated rings. The first-order chi connectivity index (χ1) is 12.0. The predicted octanol–water partition coefficient (Wildman–Crippen LogP) is 3.63. The third kappa shape index (κ3) is 4.50. The van der Waals surface area contributed by atoms with E-state index < -0.39 is 0 Å². The van der Waals surface area contributed by atoms with Crippen LogP contribution in [0.4, 0.5) is 11.5 Å². The Morgan fingerprint density at radius 3 is 2.68 bits per heavy atom. The number of benzene rings is 1. The molecule has 0 atom stereocenters. The molecule has 1 N–H and O–H groups in total. The van der Waals surface area contributed by atoms with E-state index >= 15 is 0 Å². The van der Waals surface area contributed by atoms with E-state index in [1.54, 1.807) is 0 Å². The number of aromatic nitrogens is 1. The van der Waals surface area contributed by atoms with Gasteiger partial charge in [0.2, 0.25) is 0 Å². The predicted molar refractivity (Wildman–Crippen MR) is 106 cm³/mol. The van der Waals surface area contributed by atoms with Crippen LogP contribution in [0.5, 0.6) is 0 Å². The van der Waals surface area contributed by atoms with E-state index in [2.05, 4.69) is 40.5 Å². The molecular formula is C19H24ClN5. The molecule has 3 rings (SSSR count). The van der Waals surface area contributed by atoms with Gasteiger partial charge in [0.05, 0.1) is 11.4 Å². The van der Waals surface area contributed by atoms with Crippen LogP contribution in [0.15, 0.2) is 41.5 Å². The van der Waals surface area contributed by atoms with Crippen molar-refractivity contribution in [3.05, 3.63) is 52.7 Å². The number of hydrazone groups is 1. The maximum Gasteiger partial charge on any atom is 0.138 e. The van der Waals surface area contributed by atoms with Gasteiger partial charge in [-0.3, -0.25) is 5.43 Å². The van der Waals surface area contributed by atoms with Crippen LogP contribution in [0.1, 0.15) is 17.7 Å². The number of nitrogens with one attached hydrogen (secondary N) is 1. The van der Waals surface area contributed by atoms with E-state index in [9.17, 15) is 0 Å². The quantitative estimate of drug-likeness (QED) is 0.830. The van der Waals surface area contributed by atoms with Crippen LogP contribution in [0.3, 0.4) is 0 Å². The number of hydrogen-bond acceptors (Lipinski definition) is 5. The van der Waals surface area contributed by atoms with Gasteiger partial charge in [-0.05, 0) is 57.4 Å². The molecule has 2 heterocycles. The van der Waals surface area contributed by atoms with Crippen molar-refractivity contribution in [1.29, 1.82) is 0 Å². The van der Waals surface area contributed by atoms with Crippen molar-refractivity contribution in [2.45, 2.75) is 13.3 Å². The molecule has 5 nitrogen and oxygen atoms in total. The molecule has 0 bridgehead atoms. The Morgan fingerprint density at radius 2 is 1.96 bits per heavy atom. The van der Waals surface area contributed by atoms with Gasteiger partial charge in [0.1, 0.15) is 5.82 Å². The lowest BCUT2D eigenvalue weighted by Crippen LogP contribution is -2.38. The van der Waals surface area contributed by atoms with Gasteiger partial charge in [-0.15, -0.1) is 0 Å². The number of hydrogen-bond donors (Lipinski definition) is 1. The summed E-state index contributed by atoms with van der Waals surface area (Å²) in [6.45, 7) is 4.93. The van der Waals surface area contributed by atoms with Crippen molar-refractivity contribution >= 4 is 28.8 Å². The first-order valence-electron chi connectivity index (χ1n) is 8.49. The Balaban J connectivity index is 1.83. The summed E-state index contributed by atoms with van der Waals surface area (Å²) in [6, 6.07) is 11.7. The molecule has 0 aliphatic carbocycles. The lowest BCUT2D eigenvalue weighted by atomic mass is 10.0. The zero-order chi connectivity index (χ0) is 17.8. The van der Waals surface area contributed by atoms with Crippen LogP contribution in [-0.2, 0) is 0 Å². The van der Waals surface area contributed by atoms with Crippen molar-refractivity contribution in [3.8, 4) is 0 Å². The average molecular weight is 358 g/mol. The Hall–Kier alpha value is -2.11. The highest BCUT2D eigenvalue weighted by Crippen LogP contribution is 2.26. The lowest BCUT2D eigenvalue weighted by molar-refractivity contribution is 0.412. The molecule has 0 spiro atoms. The molecular weight excluding hydrogens is 334 g/mol. The normalized spacial score (nSPS) is 15.6. The number of anilines is 2. The van der Waals surface area contributed by atoms with Gasteiger partial charge in [0, 0.05) is 42.3 Å². The summed E-state index contributed by atoms with van der Waals surface area (Å²) in [4.78, 5) is 9.32. The van der Waals surface area contributed by atoms with Crippen LogP contribution in [0.2, 0.25) is 5.02 Å². The summed E-state index contributed by atoms with van der Waals surface area (Å²) in [5, 5.41) is 5.35. The fourth-order valence-corrected chi connectivity index (χ4v) is 2.93. The molecule has 132 valence electrons. The zero-order valence-electron chi connectivity index (χ0n) is 15.0. The fraction of sp³-hybridized carbons (Fsp3) is 0.368. The fourth-order valence-electron chi connectivity index (χ4n) is 2.80. The first kappa shape index (κ1) is 17.7. The SMILES string of the molecule is Cc1ccc2c(n1)N(CCN(C)C)CC/C2=N\Nc1ccc(Cl)cc1. The second-order valence-electron chi connectivity index (χ2n) is 6.54. The maximum atomic E-state index is 5.93. The number of rotatable bonds is 5. The van der Waals surface area contributed by atoms with Gasteiger partial charge in [-0.1, -0.05) is 11.6 Å². The Labute approximate surface area is 154 Å². The molecule has 0 unspecified atom stereocenters. The van der Waals surface area contributed by atoms with Crippen molar-refractivity contribution in [3.63, 3.8) is 0 Å². The molecule has 1 aromatic carbocycles. The number of fused-ring (bicyclic) bond motifs is 1.